The van der Waals surface area contributed by atoms with E-state index in [4.69, 9.17) is 4.74 Å². The van der Waals surface area contributed by atoms with Crippen LogP contribution in [-0.4, -0.2) is 51.8 Å². The Kier molecular flexibility index (Phi) is 9.51. The van der Waals surface area contributed by atoms with E-state index in [9.17, 15) is 0 Å². The van der Waals surface area contributed by atoms with Gasteiger partial charge in [-0.15, -0.1) is 0 Å². The van der Waals surface area contributed by atoms with Crippen molar-refractivity contribution in [2.45, 2.75) is 19.3 Å². The van der Waals surface area contributed by atoms with Crippen LogP contribution < -0.4 is 17.7 Å². The van der Waals surface area contributed by atoms with Gasteiger partial charge in [-0.2, -0.15) is 0 Å². The molecule has 1 heterocycles. The molecule has 15 heavy (non-hydrogen) atoms. The minimum absolute atomic E-state index is 0. The lowest BCUT2D eigenvalue weighted by Gasteiger charge is -2.22. The van der Waals surface area contributed by atoms with E-state index < -0.39 is 0 Å². The minimum Gasteiger partial charge on any atom is -1.00 e. The summed E-state index contributed by atoms with van der Waals surface area (Å²) in [5, 5.41) is 3.41. The first-order valence-electron chi connectivity index (χ1n) is 5.72. The van der Waals surface area contributed by atoms with Crippen LogP contribution in [0.1, 0.15) is 19.3 Å². The van der Waals surface area contributed by atoms with Crippen LogP contribution in [0.2, 0.25) is 0 Å². The van der Waals surface area contributed by atoms with E-state index in [0.717, 1.165) is 38.6 Å². The molecule has 1 aliphatic heterocycles. The summed E-state index contributed by atoms with van der Waals surface area (Å²) in [5.74, 6) is 0.753. The number of nitrogens with zero attached hydrogens (tertiary/aromatic N) is 1. The van der Waals surface area contributed by atoms with Gasteiger partial charge in [0.2, 0.25) is 0 Å². The zero-order valence-corrected chi connectivity index (χ0v) is 10.7. The van der Waals surface area contributed by atoms with E-state index in [1.807, 2.05) is 0 Å². The Balaban J connectivity index is 0.00000196. The summed E-state index contributed by atoms with van der Waals surface area (Å²) in [5.41, 5.74) is 0. The lowest BCUT2D eigenvalue weighted by Crippen LogP contribution is -3.00. The number of hydrogen-bond donors (Lipinski definition) is 1. The molecule has 0 saturated carbocycles. The minimum atomic E-state index is 0. The first kappa shape index (κ1) is 15.2. The fraction of sp³-hybridized carbons (Fsp3) is 1.00. The van der Waals surface area contributed by atoms with Crippen LogP contribution >= 0.6 is 0 Å². The fourth-order valence-corrected chi connectivity index (χ4v) is 1.80. The summed E-state index contributed by atoms with van der Waals surface area (Å²) in [6.07, 6.45) is 3.79. The van der Waals surface area contributed by atoms with Gasteiger partial charge in [0.25, 0.3) is 0 Å². The van der Waals surface area contributed by atoms with Gasteiger partial charge in [0, 0.05) is 13.2 Å². The molecular formula is C11H24ClN2O-. The fourth-order valence-electron chi connectivity index (χ4n) is 1.80. The molecule has 1 N–H and O–H groups in total. The highest BCUT2D eigenvalue weighted by atomic mass is 35.5. The molecule has 1 fully saturated rings. The molecule has 1 saturated heterocycles. The first-order chi connectivity index (χ1) is 6.79. The summed E-state index contributed by atoms with van der Waals surface area (Å²) in [7, 11) is 4.20. The van der Waals surface area contributed by atoms with Crippen LogP contribution in [0.3, 0.4) is 0 Å². The Morgan fingerprint density at radius 3 is 2.80 bits per heavy atom. The lowest BCUT2D eigenvalue weighted by molar-refractivity contribution is -0.00000382. The van der Waals surface area contributed by atoms with Crippen molar-refractivity contribution in [3.05, 3.63) is 0 Å². The second-order valence-corrected chi connectivity index (χ2v) is 4.44. The van der Waals surface area contributed by atoms with Crippen molar-refractivity contribution in [3.63, 3.8) is 0 Å². The van der Waals surface area contributed by atoms with Gasteiger partial charge in [-0.05, 0) is 52.4 Å². The third kappa shape index (κ3) is 8.03. The Bertz CT molecular complexity index is 139. The first-order valence-corrected chi connectivity index (χ1v) is 5.72. The number of piperidine rings is 1. The summed E-state index contributed by atoms with van der Waals surface area (Å²) in [6, 6.07) is 0. The van der Waals surface area contributed by atoms with Crippen molar-refractivity contribution in [1.29, 1.82) is 0 Å². The maximum absolute atomic E-state index is 5.66. The third-order valence-electron chi connectivity index (χ3n) is 2.65. The average molecular weight is 236 g/mol. The summed E-state index contributed by atoms with van der Waals surface area (Å²) >= 11 is 0. The maximum Gasteiger partial charge on any atom is 0.0506 e. The quantitative estimate of drug-likeness (QED) is 0.537. The highest BCUT2D eigenvalue weighted by Gasteiger charge is 2.12. The van der Waals surface area contributed by atoms with Gasteiger partial charge >= 0.3 is 0 Å². The average Bonchev–Trinajstić information content (AvgIpc) is 2.18. The Hall–Kier alpha value is 0.170. The number of ether oxygens (including phenoxy) is 1. The molecule has 3 nitrogen and oxygen atoms in total. The second kappa shape index (κ2) is 9.40. The van der Waals surface area contributed by atoms with Crippen LogP contribution in [0.4, 0.5) is 0 Å². The van der Waals surface area contributed by atoms with Gasteiger partial charge in [-0.25, -0.2) is 0 Å². The van der Waals surface area contributed by atoms with Gasteiger partial charge in [0.1, 0.15) is 0 Å². The molecule has 0 radical (unpaired) electrons. The van der Waals surface area contributed by atoms with E-state index in [0.29, 0.717) is 0 Å². The lowest BCUT2D eigenvalue weighted by atomic mass is 10.0. The SMILES string of the molecule is CN(C)CCCOCC1CCCNC1.[Cl-]. The zero-order chi connectivity index (χ0) is 10.2. The third-order valence-corrected chi connectivity index (χ3v) is 2.65. The van der Waals surface area contributed by atoms with Gasteiger partial charge in [0.15, 0.2) is 0 Å². The molecule has 0 aromatic carbocycles. The Morgan fingerprint density at radius 1 is 1.40 bits per heavy atom. The second-order valence-electron chi connectivity index (χ2n) is 4.44. The number of nitrogens with one attached hydrogen (secondary N) is 1. The van der Waals surface area contributed by atoms with Crippen LogP contribution in [0, 0.1) is 5.92 Å². The Morgan fingerprint density at radius 2 is 2.20 bits per heavy atom. The van der Waals surface area contributed by atoms with Crippen molar-refractivity contribution in [1.82, 2.24) is 10.2 Å². The van der Waals surface area contributed by atoms with E-state index in [-0.39, 0.29) is 12.4 Å². The molecule has 1 aliphatic rings. The van der Waals surface area contributed by atoms with Gasteiger partial charge in [-0.1, -0.05) is 0 Å². The summed E-state index contributed by atoms with van der Waals surface area (Å²) < 4.78 is 5.66. The van der Waals surface area contributed by atoms with E-state index in [1.54, 1.807) is 0 Å². The molecule has 1 unspecified atom stereocenters. The molecule has 92 valence electrons. The molecule has 0 spiro atoms. The van der Waals surface area contributed by atoms with Crippen molar-refractivity contribution >= 4 is 0 Å². The van der Waals surface area contributed by atoms with Crippen molar-refractivity contribution < 1.29 is 17.1 Å². The van der Waals surface area contributed by atoms with Gasteiger partial charge < -0.3 is 27.4 Å². The molecule has 0 amide bonds. The van der Waals surface area contributed by atoms with E-state index in [1.165, 1.54) is 19.4 Å². The molecule has 0 aliphatic carbocycles. The van der Waals surface area contributed by atoms with Crippen LogP contribution in [0.5, 0.6) is 0 Å². The predicted molar refractivity (Wildman–Crippen MR) is 59.6 cm³/mol. The highest BCUT2D eigenvalue weighted by molar-refractivity contribution is 4.68. The standard InChI is InChI=1S/C11H24N2O.ClH/c1-13(2)7-4-8-14-10-11-5-3-6-12-9-11;/h11-12H,3-10H2,1-2H3;1H/p-1. The molecule has 4 heteroatoms. The number of halogens is 1. The highest BCUT2D eigenvalue weighted by Crippen LogP contribution is 2.09. The Labute approximate surface area is 100.0 Å². The molecule has 0 aromatic rings. The molecule has 0 aromatic heterocycles. The van der Waals surface area contributed by atoms with E-state index >= 15 is 0 Å². The summed E-state index contributed by atoms with van der Waals surface area (Å²) in [6.45, 7) is 5.32. The predicted octanol–water partition coefficient (Wildman–Crippen LogP) is -2.04. The topological polar surface area (TPSA) is 24.5 Å². The van der Waals surface area contributed by atoms with Crippen LogP contribution in [-0.2, 0) is 4.74 Å². The molecule has 1 rings (SSSR count). The largest absolute Gasteiger partial charge is 1.00 e. The normalized spacial score (nSPS) is 21.4. The maximum atomic E-state index is 5.66. The number of rotatable bonds is 6. The van der Waals surface area contributed by atoms with Crippen molar-refractivity contribution in [3.8, 4) is 0 Å². The van der Waals surface area contributed by atoms with Crippen LogP contribution in [0.15, 0.2) is 0 Å². The summed E-state index contributed by atoms with van der Waals surface area (Å²) in [4.78, 5) is 2.20. The smallest absolute Gasteiger partial charge is 0.0506 e. The van der Waals surface area contributed by atoms with Crippen molar-refractivity contribution in [2.24, 2.45) is 5.92 Å². The molecule has 1 atom stereocenters. The molecular weight excluding hydrogens is 212 g/mol. The molecule has 0 bridgehead atoms. The van der Waals surface area contributed by atoms with Gasteiger partial charge in [-0.3, -0.25) is 0 Å². The van der Waals surface area contributed by atoms with Crippen molar-refractivity contribution in [2.75, 3.05) is 46.9 Å². The van der Waals surface area contributed by atoms with E-state index in [2.05, 4.69) is 24.3 Å². The zero-order valence-electron chi connectivity index (χ0n) is 9.97. The van der Waals surface area contributed by atoms with Crippen LogP contribution in [0.25, 0.3) is 0 Å². The number of hydrogen-bond acceptors (Lipinski definition) is 3. The van der Waals surface area contributed by atoms with Gasteiger partial charge in [0.05, 0.1) is 6.61 Å². The monoisotopic (exact) mass is 235 g/mol.